The molecule has 0 aliphatic carbocycles. The molecule has 0 saturated carbocycles. The Balaban J connectivity index is 1.37. The normalized spacial score (nSPS) is 15.6. The van der Waals surface area contributed by atoms with Crippen molar-refractivity contribution in [3.63, 3.8) is 0 Å². The second-order valence-electron chi connectivity index (χ2n) is 7.56. The molecule has 1 aliphatic rings. The van der Waals surface area contributed by atoms with Gasteiger partial charge in [-0.15, -0.1) is 10.2 Å². The van der Waals surface area contributed by atoms with E-state index in [0.717, 1.165) is 36.5 Å². The van der Waals surface area contributed by atoms with Crippen molar-refractivity contribution < 1.29 is 13.9 Å². The molecule has 0 bridgehead atoms. The van der Waals surface area contributed by atoms with Crippen LogP contribution in [0.1, 0.15) is 24.2 Å². The molecule has 0 radical (unpaired) electrons. The van der Waals surface area contributed by atoms with Crippen LogP contribution in [0, 0.1) is 5.82 Å². The molecule has 1 atom stereocenters. The molecule has 1 amide bonds. The summed E-state index contributed by atoms with van der Waals surface area (Å²) in [5, 5.41) is 15.5. The molecule has 2 N–H and O–H groups in total. The topological polar surface area (TPSA) is 81.1 Å². The van der Waals surface area contributed by atoms with Crippen LogP contribution in [0.2, 0.25) is 0 Å². The Morgan fingerprint density at radius 1 is 1.12 bits per heavy atom. The highest BCUT2D eigenvalue weighted by Crippen LogP contribution is 2.22. The molecular weight excluding hydrogens is 429 g/mol. The van der Waals surface area contributed by atoms with Gasteiger partial charge in [0.25, 0.3) is 0 Å². The summed E-state index contributed by atoms with van der Waals surface area (Å²) in [5.41, 5.74) is 1.86. The number of benzene rings is 2. The molecule has 168 valence electrons. The van der Waals surface area contributed by atoms with Gasteiger partial charge in [0.1, 0.15) is 5.82 Å². The van der Waals surface area contributed by atoms with Gasteiger partial charge in [0.15, 0.2) is 11.0 Å². The van der Waals surface area contributed by atoms with Crippen LogP contribution in [0.4, 0.5) is 10.1 Å². The van der Waals surface area contributed by atoms with Gasteiger partial charge >= 0.3 is 0 Å². The number of halogens is 1. The number of anilines is 1. The van der Waals surface area contributed by atoms with Gasteiger partial charge in [-0.1, -0.05) is 42.1 Å². The zero-order valence-electron chi connectivity index (χ0n) is 17.7. The summed E-state index contributed by atoms with van der Waals surface area (Å²) in [6, 6.07) is 16.0. The second-order valence-corrected chi connectivity index (χ2v) is 8.50. The van der Waals surface area contributed by atoms with Crippen molar-refractivity contribution in [1.82, 2.24) is 20.1 Å². The summed E-state index contributed by atoms with van der Waals surface area (Å²) in [6.45, 7) is 2.34. The summed E-state index contributed by atoms with van der Waals surface area (Å²) >= 11 is 1.36. The number of nitrogens with zero attached hydrogens (tertiary/aromatic N) is 3. The van der Waals surface area contributed by atoms with Crippen LogP contribution in [0.15, 0.2) is 59.8 Å². The molecule has 32 heavy (non-hydrogen) atoms. The molecule has 1 aliphatic heterocycles. The zero-order chi connectivity index (χ0) is 22.2. The van der Waals surface area contributed by atoms with E-state index in [-0.39, 0.29) is 23.6 Å². The highest BCUT2D eigenvalue weighted by atomic mass is 32.2. The van der Waals surface area contributed by atoms with Crippen molar-refractivity contribution in [3.05, 3.63) is 71.8 Å². The van der Waals surface area contributed by atoms with E-state index in [1.54, 1.807) is 12.1 Å². The number of hydrogen-bond donors (Lipinski definition) is 2. The summed E-state index contributed by atoms with van der Waals surface area (Å²) in [7, 11) is 0. The van der Waals surface area contributed by atoms with Gasteiger partial charge in [-0.3, -0.25) is 4.79 Å². The van der Waals surface area contributed by atoms with E-state index < -0.39 is 0 Å². The first-order valence-electron chi connectivity index (χ1n) is 10.6. The van der Waals surface area contributed by atoms with Gasteiger partial charge in [-0.25, -0.2) is 4.39 Å². The number of amides is 1. The Kier molecular flexibility index (Phi) is 7.73. The average Bonchev–Trinajstić information content (AvgIpc) is 3.47. The average molecular weight is 456 g/mol. The first-order chi connectivity index (χ1) is 15.7. The van der Waals surface area contributed by atoms with Crippen molar-refractivity contribution in [2.75, 3.05) is 17.7 Å². The fourth-order valence-corrected chi connectivity index (χ4v) is 4.25. The van der Waals surface area contributed by atoms with Crippen molar-refractivity contribution in [3.8, 4) is 0 Å². The van der Waals surface area contributed by atoms with Gasteiger partial charge in [-0.2, -0.15) is 0 Å². The van der Waals surface area contributed by atoms with Crippen molar-refractivity contribution in [1.29, 1.82) is 0 Å². The molecule has 4 rings (SSSR count). The van der Waals surface area contributed by atoms with Crippen LogP contribution in [0.5, 0.6) is 0 Å². The molecule has 1 aromatic heterocycles. The first kappa shape index (κ1) is 22.3. The standard InChI is InChI=1S/C23H26FN5O2S/c24-18-8-10-19(11-9-18)25-14-21-27-28-23(29(21)15-20-7-4-12-31-20)32-16-22(30)26-13-17-5-2-1-3-6-17/h1-3,5-6,8-11,20,25H,4,7,12-16H2,(H,26,30). The summed E-state index contributed by atoms with van der Waals surface area (Å²) in [5.74, 6) is 0.664. The predicted molar refractivity (Wildman–Crippen MR) is 122 cm³/mol. The number of thioether (sulfide) groups is 1. The van der Waals surface area contributed by atoms with Crippen molar-refractivity contribution >= 4 is 23.4 Å². The molecular formula is C23H26FN5O2S. The summed E-state index contributed by atoms with van der Waals surface area (Å²) in [6.07, 6.45) is 2.15. The van der Waals surface area contributed by atoms with Gasteiger partial charge in [0.2, 0.25) is 5.91 Å². The van der Waals surface area contributed by atoms with Gasteiger partial charge in [0.05, 0.1) is 24.9 Å². The Morgan fingerprint density at radius 3 is 2.69 bits per heavy atom. The molecule has 3 aromatic rings. The van der Waals surface area contributed by atoms with Gasteiger partial charge in [-0.05, 0) is 42.7 Å². The van der Waals surface area contributed by atoms with Crippen LogP contribution >= 0.6 is 11.8 Å². The Hall–Kier alpha value is -2.91. The maximum absolute atomic E-state index is 13.1. The lowest BCUT2D eigenvalue weighted by Crippen LogP contribution is -2.25. The lowest BCUT2D eigenvalue weighted by Gasteiger charge is -2.15. The highest BCUT2D eigenvalue weighted by molar-refractivity contribution is 7.99. The van der Waals surface area contributed by atoms with E-state index in [1.165, 1.54) is 23.9 Å². The largest absolute Gasteiger partial charge is 0.378 e. The lowest BCUT2D eigenvalue weighted by molar-refractivity contribution is -0.118. The van der Waals surface area contributed by atoms with E-state index in [9.17, 15) is 9.18 Å². The fourth-order valence-electron chi connectivity index (χ4n) is 3.46. The second kappa shape index (κ2) is 11.1. The number of rotatable bonds is 10. The lowest BCUT2D eigenvalue weighted by atomic mass is 10.2. The fraction of sp³-hybridized carbons (Fsp3) is 0.348. The zero-order valence-corrected chi connectivity index (χ0v) is 18.5. The molecule has 1 fully saturated rings. The summed E-state index contributed by atoms with van der Waals surface area (Å²) in [4.78, 5) is 12.3. The van der Waals surface area contributed by atoms with Crippen LogP contribution in [0.3, 0.4) is 0 Å². The van der Waals surface area contributed by atoms with Crippen LogP contribution in [-0.4, -0.2) is 39.1 Å². The Morgan fingerprint density at radius 2 is 1.94 bits per heavy atom. The number of carbonyl (C=O) groups excluding carboxylic acids is 1. The maximum atomic E-state index is 13.1. The Bertz CT molecular complexity index is 1010. The smallest absolute Gasteiger partial charge is 0.230 e. The van der Waals surface area contributed by atoms with Crippen LogP contribution < -0.4 is 10.6 Å². The Labute approximate surface area is 190 Å². The number of hydrogen-bond acceptors (Lipinski definition) is 6. The van der Waals surface area contributed by atoms with Crippen molar-refractivity contribution in [2.45, 2.75) is 43.7 Å². The maximum Gasteiger partial charge on any atom is 0.230 e. The van der Waals surface area contributed by atoms with Gasteiger partial charge in [0, 0.05) is 18.8 Å². The minimum atomic E-state index is -0.277. The minimum Gasteiger partial charge on any atom is -0.378 e. The third-order valence-corrected chi connectivity index (χ3v) is 6.13. The molecule has 7 nitrogen and oxygen atoms in total. The van der Waals surface area contributed by atoms with Crippen LogP contribution in [0.25, 0.3) is 0 Å². The molecule has 2 aromatic carbocycles. The number of carbonyl (C=O) groups is 1. The highest BCUT2D eigenvalue weighted by Gasteiger charge is 2.21. The van der Waals surface area contributed by atoms with E-state index in [0.29, 0.717) is 24.8 Å². The molecule has 9 heteroatoms. The molecule has 1 unspecified atom stereocenters. The van der Waals surface area contributed by atoms with E-state index >= 15 is 0 Å². The number of ether oxygens (including phenoxy) is 1. The monoisotopic (exact) mass is 455 g/mol. The number of nitrogens with one attached hydrogen (secondary N) is 2. The molecule has 1 saturated heterocycles. The third kappa shape index (κ3) is 6.30. The third-order valence-electron chi connectivity index (χ3n) is 5.16. The van der Waals surface area contributed by atoms with E-state index in [1.807, 2.05) is 34.9 Å². The predicted octanol–water partition coefficient (Wildman–Crippen LogP) is 3.62. The summed E-state index contributed by atoms with van der Waals surface area (Å²) < 4.78 is 21.0. The van der Waals surface area contributed by atoms with Crippen molar-refractivity contribution in [2.24, 2.45) is 0 Å². The number of aromatic nitrogens is 3. The SMILES string of the molecule is O=C(CSc1nnc(CNc2ccc(F)cc2)n1CC1CCCO1)NCc1ccccc1. The molecule has 2 heterocycles. The minimum absolute atomic E-state index is 0.0588. The van der Waals surface area contributed by atoms with E-state index in [4.69, 9.17) is 4.74 Å². The quantitative estimate of drug-likeness (QED) is 0.455. The van der Waals surface area contributed by atoms with Crippen LogP contribution in [-0.2, 0) is 29.2 Å². The molecule has 0 spiro atoms. The van der Waals surface area contributed by atoms with E-state index in [2.05, 4.69) is 20.8 Å². The first-order valence-corrected chi connectivity index (χ1v) is 11.6. The van der Waals surface area contributed by atoms with Gasteiger partial charge < -0.3 is 19.9 Å².